The van der Waals surface area contributed by atoms with Crippen LogP contribution in [0, 0.1) is 0 Å². The fourth-order valence-corrected chi connectivity index (χ4v) is 2.57. The summed E-state index contributed by atoms with van der Waals surface area (Å²) in [5, 5.41) is 12.1. The van der Waals surface area contributed by atoms with E-state index >= 15 is 0 Å². The molecule has 2 N–H and O–H groups in total. The summed E-state index contributed by atoms with van der Waals surface area (Å²) in [7, 11) is -0.779. The first-order chi connectivity index (χ1) is 13.2. The summed E-state index contributed by atoms with van der Waals surface area (Å²) in [4.78, 5) is 27.8. The molecule has 0 spiro atoms. The summed E-state index contributed by atoms with van der Waals surface area (Å²) < 4.78 is 17.4. The number of carboxylic acid groups (broad SMARTS) is 1. The molecule has 1 fully saturated rings. The van der Waals surface area contributed by atoms with E-state index in [-0.39, 0.29) is 17.8 Å². The maximum atomic E-state index is 12.1. The third kappa shape index (κ3) is 5.80. The second kappa shape index (κ2) is 8.16. The number of amides is 1. The molecule has 2 rings (SSSR count). The average Bonchev–Trinajstić information content (AvgIpc) is 2.77. The van der Waals surface area contributed by atoms with Crippen molar-refractivity contribution in [2.75, 3.05) is 6.54 Å². The minimum absolute atomic E-state index is 0.0405. The molecule has 0 atom stereocenters. The van der Waals surface area contributed by atoms with E-state index in [1.807, 2.05) is 27.7 Å². The van der Waals surface area contributed by atoms with Crippen LogP contribution in [0.15, 0.2) is 23.8 Å². The number of pyridine rings is 1. The van der Waals surface area contributed by atoms with Gasteiger partial charge in [0.2, 0.25) is 0 Å². The van der Waals surface area contributed by atoms with Gasteiger partial charge in [-0.3, -0.25) is 4.98 Å². The molecule has 158 valence electrons. The molecule has 0 radical (unpaired) electrons. The molecule has 0 unspecified atom stereocenters. The average molecular weight is 404 g/mol. The van der Waals surface area contributed by atoms with Crippen LogP contribution >= 0.6 is 0 Å². The van der Waals surface area contributed by atoms with E-state index in [4.69, 9.17) is 14.0 Å². The predicted octanol–water partition coefficient (Wildman–Crippen LogP) is 3.32. The number of ether oxygens (including phenoxy) is 1. The Bertz CT molecular complexity index is 797. The van der Waals surface area contributed by atoms with Gasteiger partial charge in [0, 0.05) is 12.7 Å². The van der Waals surface area contributed by atoms with E-state index in [2.05, 4.69) is 10.3 Å². The molecule has 9 heteroatoms. The molecule has 1 aromatic rings. The van der Waals surface area contributed by atoms with Gasteiger partial charge in [0.05, 0.1) is 22.5 Å². The Hall–Kier alpha value is -2.39. The molecule has 2 heterocycles. The fraction of sp³-hybridized carbons (Fsp3) is 0.550. The van der Waals surface area contributed by atoms with Crippen molar-refractivity contribution in [1.82, 2.24) is 10.3 Å². The topological polar surface area (TPSA) is 107 Å². The number of hydrogen-bond acceptors (Lipinski definition) is 6. The van der Waals surface area contributed by atoms with Crippen molar-refractivity contribution in [2.24, 2.45) is 0 Å². The SMILES string of the molecule is CC(C)(C)OC(=O)NCC(=Cc1ncccc1C(=O)O)B1OC(C)(C)C(C)(C)O1. The van der Waals surface area contributed by atoms with E-state index in [1.54, 1.807) is 32.9 Å². The minimum Gasteiger partial charge on any atom is -0.478 e. The fourth-order valence-electron chi connectivity index (χ4n) is 2.57. The smallest absolute Gasteiger partial charge is 0.478 e. The zero-order chi connectivity index (χ0) is 22.0. The van der Waals surface area contributed by atoms with Crippen LogP contribution in [0.25, 0.3) is 6.08 Å². The first-order valence-electron chi connectivity index (χ1n) is 9.43. The van der Waals surface area contributed by atoms with E-state index in [9.17, 15) is 14.7 Å². The Labute approximate surface area is 171 Å². The number of alkyl carbamates (subject to hydrolysis) is 1. The number of aromatic carboxylic acids is 1. The van der Waals surface area contributed by atoms with Crippen LogP contribution in [-0.4, -0.2) is 52.6 Å². The number of carbonyl (C=O) groups excluding carboxylic acids is 1. The largest absolute Gasteiger partial charge is 0.492 e. The van der Waals surface area contributed by atoms with Crippen molar-refractivity contribution >= 4 is 25.3 Å². The van der Waals surface area contributed by atoms with Crippen LogP contribution in [0.4, 0.5) is 4.79 Å². The maximum absolute atomic E-state index is 12.1. The molecule has 1 aliphatic rings. The molecule has 0 aromatic carbocycles. The van der Waals surface area contributed by atoms with E-state index < -0.39 is 36.0 Å². The number of carboxylic acids is 1. The third-order valence-corrected chi connectivity index (χ3v) is 4.78. The van der Waals surface area contributed by atoms with Crippen molar-refractivity contribution in [2.45, 2.75) is 65.3 Å². The molecule has 8 nitrogen and oxygen atoms in total. The van der Waals surface area contributed by atoms with Crippen LogP contribution in [0.2, 0.25) is 0 Å². The van der Waals surface area contributed by atoms with Gasteiger partial charge in [-0.05, 0) is 72.1 Å². The van der Waals surface area contributed by atoms with Crippen LogP contribution in [0.1, 0.15) is 64.5 Å². The lowest BCUT2D eigenvalue weighted by atomic mass is 9.77. The summed E-state index contributed by atoms with van der Waals surface area (Å²) in [5.41, 5.74) is -1.02. The summed E-state index contributed by atoms with van der Waals surface area (Å²) in [6, 6.07) is 3.01. The number of hydrogen-bond donors (Lipinski definition) is 2. The zero-order valence-corrected chi connectivity index (χ0v) is 18.0. The Balaban J connectivity index is 2.34. The van der Waals surface area contributed by atoms with Crippen LogP contribution < -0.4 is 5.32 Å². The summed E-state index contributed by atoms with van der Waals surface area (Å²) in [6.45, 7) is 13.0. The van der Waals surface area contributed by atoms with Gasteiger partial charge in [-0.15, -0.1) is 0 Å². The van der Waals surface area contributed by atoms with E-state index in [1.165, 1.54) is 12.3 Å². The number of aromatic nitrogens is 1. The summed E-state index contributed by atoms with van der Waals surface area (Å²) >= 11 is 0. The van der Waals surface area contributed by atoms with Crippen molar-refractivity contribution in [3.63, 3.8) is 0 Å². The van der Waals surface area contributed by atoms with Crippen molar-refractivity contribution in [3.8, 4) is 0 Å². The number of nitrogens with zero attached hydrogens (tertiary/aromatic N) is 1. The van der Waals surface area contributed by atoms with Crippen LogP contribution in [0.5, 0.6) is 0 Å². The zero-order valence-electron chi connectivity index (χ0n) is 18.0. The molecular weight excluding hydrogens is 375 g/mol. The van der Waals surface area contributed by atoms with Crippen molar-refractivity contribution in [3.05, 3.63) is 35.1 Å². The standard InChI is InChI=1S/C20H29BN2O6/c1-18(2,3)27-17(26)23-12-13(21-28-19(4,5)20(6,7)29-21)11-15-14(16(24)25)9-8-10-22-15/h8-11H,12H2,1-7H3,(H,23,26)(H,24,25). The molecule has 1 amide bonds. The van der Waals surface area contributed by atoms with Gasteiger partial charge < -0.3 is 24.5 Å². The molecular formula is C20H29BN2O6. The number of carbonyl (C=O) groups is 2. The Kier molecular flexibility index (Phi) is 6.44. The van der Waals surface area contributed by atoms with Gasteiger partial charge in [0.25, 0.3) is 0 Å². The van der Waals surface area contributed by atoms with Gasteiger partial charge >= 0.3 is 19.2 Å². The Morgan fingerprint density at radius 2 is 1.83 bits per heavy atom. The lowest BCUT2D eigenvalue weighted by molar-refractivity contribution is 0.00578. The minimum atomic E-state index is -1.10. The van der Waals surface area contributed by atoms with Gasteiger partial charge in [-0.1, -0.05) is 0 Å². The van der Waals surface area contributed by atoms with Gasteiger partial charge in [0.15, 0.2) is 0 Å². The number of nitrogens with one attached hydrogen (secondary N) is 1. The first-order valence-corrected chi connectivity index (χ1v) is 9.43. The normalized spacial score (nSPS) is 18.4. The predicted molar refractivity (Wildman–Crippen MR) is 109 cm³/mol. The Morgan fingerprint density at radius 1 is 1.24 bits per heavy atom. The summed E-state index contributed by atoms with van der Waals surface area (Å²) in [5.74, 6) is -1.10. The lowest BCUT2D eigenvalue weighted by Crippen LogP contribution is -2.41. The highest BCUT2D eigenvalue weighted by Crippen LogP contribution is 2.38. The second-order valence-electron chi connectivity index (χ2n) is 8.90. The Morgan fingerprint density at radius 3 is 2.34 bits per heavy atom. The van der Waals surface area contributed by atoms with Gasteiger partial charge in [0.1, 0.15) is 5.60 Å². The molecule has 29 heavy (non-hydrogen) atoms. The van der Waals surface area contributed by atoms with Gasteiger partial charge in [-0.25, -0.2) is 9.59 Å². The quantitative estimate of drug-likeness (QED) is 0.725. The highest BCUT2D eigenvalue weighted by molar-refractivity contribution is 6.56. The molecule has 1 saturated heterocycles. The highest BCUT2D eigenvalue weighted by Gasteiger charge is 2.52. The highest BCUT2D eigenvalue weighted by atomic mass is 16.7. The van der Waals surface area contributed by atoms with E-state index in [0.29, 0.717) is 5.47 Å². The van der Waals surface area contributed by atoms with Gasteiger partial charge in [-0.2, -0.15) is 0 Å². The summed E-state index contributed by atoms with van der Waals surface area (Å²) in [6.07, 6.45) is 2.48. The van der Waals surface area contributed by atoms with Crippen LogP contribution in [-0.2, 0) is 14.0 Å². The molecule has 0 bridgehead atoms. The molecule has 0 saturated carbocycles. The molecule has 1 aliphatic heterocycles. The monoisotopic (exact) mass is 404 g/mol. The number of rotatable bonds is 5. The van der Waals surface area contributed by atoms with Crippen LogP contribution in [0.3, 0.4) is 0 Å². The third-order valence-electron chi connectivity index (χ3n) is 4.78. The lowest BCUT2D eigenvalue weighted by Gasteiger charge is -2.32. The van der Waals surface area contributed by atoms with Crippen molar-refractivity contribution < 1.29 is 28.7 Å². The maximum Gasteiger partial charge on any atom is 0.492 e. The van der Waals surface area contributed by atoms with Crippen molar-refractivity contribution in [1.29, 1.82) is 0 Å². The van der Waals surface area contributed by atoms with E-state index in [0.717, 1.165) is 0 Å². The second-order valence-corrected chi connectivity index (χ2v) is 8.90. The first kappa shape index (κ1) is 22.9. The molecule has 1 aromatic heterocycles. The molecule has 0 aliphatic carbocycles.